The number of benzene rings is 1. The number of hydrogen-bond acceptors (Lipinski definition) is 4. The van der Waals surface area contributed by atoms with E-state index in [1.165, 1.54) is 12.8 Å². The van der Waals surface area contributed by atoms with Crippen molar-refractivity contribution >= 4 is 17.3 Å². The van der Waals surface area contributed by atoms with Crippen LogP contribution in [0.5, 0.6) is 5.75 Å². The van der Waals surface area contributed by atoms with Crippen LogP contribution >= 0.6 is 0 Å². The van der Waals surface area contributed by atoms with Crippen LogP contribution in [0, 0.1) is 0 Å². The molecule has 0 radical (unpaired) electrons. The van der Waals surface area contributed by atoms with Crippen LogP contribution in [-0.2, 0) is 4.79 Å². The standard InChI is InChI=1S/C14H19N3O2/c1-17-12-7-10(16-8-11-3-2-6-15-11)4-5-13(12)19-9-14(17)18/h4-5,7,11,15-16H,2-3,6,8-9H2,1H3. The minimum atomic E-state index is -0.0119. The highest BCUT2D eigenvalue weighted by molar-refractivity contribution is 5.97. The number of hydrogen-bond donors (Lipinski definition) is 2. The quantitative estimate of drug-likeness (QED) is 0.858. The SMILES string of the molecule is CN1C(=O)COc2ccc(NCC3CCCN3)cc21. The summed E-state index contributed by atoms with van der Waals surface area (Å²) < 4.78 is 5.41. The van der Waals surface area contributed by atoms with E-state index in [2.05, 4.69) is 10.6 Å². The molecule has 1 saturated heterocycles. The molecule has 19 heavy (non-hydrogen) atoms. The number of nitrogens with one attached hydrogen (secondary N) is 2. The minimum Gasteiger partial charge on any atom is -0.482 e. The second-order valence-corrected chi connectivity index (χ2v) is 5.10. The van der Waals surface area contributed by atoms with Gasteiger partial charge in [0.05, 0.1) is 5.69 Å². The third-order valence-electron chi connectivity index (χ3n) is 3.76. The van der Waals surface area contributed by atoms with Crippen LogP contribution in [-0.4, -0.2) is 38.7 Å². The Morgan fingerprint density at radius 3 is 3.21 bits per heavy atom. The van der Waals surface area contributed by atoms with E-state index in [4.69, 9.17) is 4.74 Å². The molecule has 1 aromatic rings. The summed E-state index contributed by atoms with van der Waals surface area (Å²) in [6.07, 6.45) is 2.47. The van der Waals surface area contributed by atoms with Gasteiger partial charge < -0.3 is 20.3 Å². The Morgan fingerprint density at radius 2 is 2.42 bits per heavy atom. The van der Waals surface area contributed by atoms with Gasteiger partial charge in [0, 0.05) is 25.3 Å². The van der Waals surface area contributed by atoms with E-state index in [1.54, 1.807) is 11.9 Å². The number of rotatable bonds is 3. The van der Waals surface area contributed by atoms with Gasteiger partial charge in [0.2, 0.25) is 0 Å². The Kier molecular flexibility index (Phi) is 3.29. The van der Waals surface area contributed by atoms with Crippen molar-refractivity contribution in [3.8, 4) is 5.75 Å². The molecule has 1 atom stereocenters. The van der Waals surface area contributed by atoms with E-state index >= 15 is 0 Å². The van der Waals surface area contributed by atoms with Crippen LogP contribution in [0.2, 0.25) is 0 Å². The first kappa shape index (κ1) is 12.3. The lowest BCUT2D eigenvalue weighted by molar-refractivity contribution is -0.120. The van der Waals surface area contributed by atoms with Crippen molar-refractivity contribution in [1.29, 1.82) is 0 Å². The molecule has 2 heterocycles. The molecule has 5 heteroatoms. The highest BCUT2D eigenvalue weighted by Crippen LogP contribution is 2.33. The lowest BCUT2D eigenvalue weighted by Gasteiger charge is -2.26. The summed E-state index contributed by atoms with van der Waals surface area (Å²) in [6.45, 7) is 2.15. The van der Waals surface area contributed by atoms with Crippen molar-refractivity contribution in [2.24, 2.45) is 0 Å². The van der Waals surface area contributed by atoms with Gasteiger partial charge in [0.25, 0.3) is 5.91 Å². The topological polar surface area (TPSA) is 53.6 Å². The molecule has 2 N–H and O–H groups in total. The Balaban J connectivity index is 1.71. The van der Waals surface area contributed by atoms with Crippen molar-refractivity contribution in [3.63, 3.8) is 0 Å². The maximum absolute atomic E-state index is 11.6. The highest BCUT2D eigenvalue weighted by atomic mass is 16.5. The van der Waals surface area contributed by atoms with E-state index < -0.39 is 0 Å². The van der Waals surface area contributed by atoms with Gasteiger partial charge in [-0.1, -0.05) is 0 Å². The van der Waals surface area contributed by atoms with Crippen LogP contribution in [0.3, 0.4) is 0 Å². The van der Waals surface area contributed by atoms with Gasteiger partial charge in [0.1, 0.15) is 5.75 Å². The van der Waals surface area contributed by atoms with Crippen molar-refractivity contribution in [2.75, 3.05) is 37.0 Å². The van der Waals surface area contributed by atoms with Gasteiger partial charge in [-0.3, -0.25) is 4.79 Å². The zero-order chi connectivity index (χ0) is 13.2. The molecule has 0 aromatic heterocycles. The maximum Gasteiger partial charge on any atom is 0.264 e. The molecule has 3 rings (SSSR count). The summed E-state index contributed by atoms with van der Waals surface area (Å²) in [5.41, 5.74) is 1.86. The molecule has 1 fully saturated rings. The average Bonchev–Trinajstić information content (AvgIpc) is 2.94. The molecular weight excluding hydrogens is 242 g/mol. The van der Waals surface area contributed by atoms with Crippen molar-refractivity contribution in [3.05, 3.63) is 18.2 Å². The Hall–Kier alpha value is -1.75. The number of carbonyl (C=O) groups is 1. The van der Waals surface area contributed by atoms with Gasteiger partial charge in [-0.15, -0.1) is 0 Å². The number of likely N-dealkylation sites (N-methyl/N-ethyl adjacent to an activating group) is 1. The number of ether oxygens (including phenoxy) is 1. The average molecular weight is 261 g/mol. The molecule has 5 nitrogen and oxygen atoms in total. The van der Waals surface area contributed by atoms with Gasteiger partial charge in [0.15, 0.2) is 6.61 Å². The van der Waals surface area contributed by atoms with Gasteiger partial charge in [-0.25, -0.2) is 0 Å². The molecule has 1 amide bonds. The van der Waals surface area contributed by atoms with Crippen molar-refractivity contribution in [1.82, 2.24) is 5.32 Å². The van der Waals surface area contributed by atoms with Crippen LogP contribution < -0.4 is 20.3 Å². The maximum atomic E-state index is 11.6. The fourth-order valence-electron chi connectivity index (χ4n) is 2.55. The predicted molar refractivity (Wildman–Crippen MR) is 74.9 cm³/mol. The molecule has 1 unspecified atom stereocenters. The summed E-state index contributed by atoms with van der Waals surface area (Å²) in [7, 11) is 1.78. The lowest BCUT2D eigenvalue weighted by Crippen LogP contribution is -2.35. The van der Waals surface area contributed by atoms with E-state index in [0.29, 0.717) is 6.04 Å². The number of carbonyl (C=O) groups excluding carboxylic acids is 1. The first-order valence-corrected chi connectivity index (χ1v) is 6.75. The summed E-state index contributed by atoms with van der Waals surface area (Å²) >= 11 is 0. The molecule has 1 aromatic carbocycles. The zero-order valence-electron chi connectivity index (χ0n) is 11.1. The van der Waals surface area contributed by atoms with Crippen LogP contribution in [0.25, 0.3) is 0 Å². The second kappa shape index (κ2) is 5.09. The third-order valence-corrected chi connectivity index (χ3v) is 3.76. The highest BCUT2D eigenvalue weighted by Gasteiger charge is 2.22. The molecule has 102 valence electrons. The summed E-state index contributed by atoms with van der Waals surface area (Å²) in [5, 5.41) is 6.87. The van der Waals surface area contributed by atoms with Crippen LogP contribution in [0.4, 0.5) is 11.4 Å². The molecule has 0 bridgehead atoms. The molecule has 2 aliphatic rings. The Labute approximate surface area is 112 Å². The normalized spacial score (nSPS) is 22.1. The minimum absolute atomic E-state index is 0.0119. The van der Waals surface area contributed by atoms with Gasteiger partial charge in [-0.2, -0.15) is 0 Å². The molecule has 0 aliphatic carbocycles. The van der Waals surface area contributed by atoms with Crippen molar-refractivity contribution < 1.29 is 9.53 Å². The smallest absolute Gasteiger partial charge is 0.264 e. The molecule has 0 saturated carbocycles. The zero-order valence-corrected chi connectivity index (χ0v) is 11.1. The van der Waals surface area contributed by atoms with Crippen LogP contribution in [0.15, 0.2) is 18.2 Å². The second-order valence-electron chi connectivity index (χ2n) is 5.10. The number of nitrogens with zero attached hydrogens (tertiary/aromatic N) is 1. The Morgan fingerprint density at radius 1 is 1.53 bits per heavy atom. The summed E-state index contributed by atoms with van der Waals surface area (Å²) in [4.78, 5) is 13.3. The summed E-state index contributed by atoms with van der Waals surface area (Å²) in [5.74, 6) is 0.758. The largest absolute Gasteiger partial charge is 0.482 e. The van der Waals surface area contributed by atoms with Crippen LogP contribution in [0.1, 0.15) is 12.8 Å². The number of anilines is 2. The predicted octanol–water partition coefficient (Wildman–Crippen LogP) is 1.21. The van der Waals surface area contributed by atoms with Crippen molar-refractivity contribution in [2.45, 2.75) is 18.9 Å². The Bertz CT molecular complexity index is 484. The lowest BCUT2D eigenvalue weighted by atomic mass is 10.2. The first-order valence-electron chi connectivity index (χ1n) is 6.75. The fraction of sp³-hybridized carbons (Fsp3) is 0.500. The van der Waals surface area contributed by atoms with E-state index in [-0.39, 0.29) is 12.5 Å². The van der Waals surface area contributed by atoms with E-state index in [9.17, 15) is 4.79 Å². The fourth-order valence-corrected chi connectivity index (χ4v) is 2.55. The van der Waals surface area contributed by atoms with Gasteiger partial charge in [-0.05, 0) is 37.6 Å². The summed E-state index contributed by atoms with van der Waals surface area (Å²) in [6, 6.07) is 6.44. The monoisotopic (exact) mass is 261 g/mol. The molecular formula is C14H19N3O2. The van der Waals surface area contributed by atoms with Gasteiger partial charge >= 0.3 is 0 Å². The molecule has 2 aliphatic heterocycles. The van der Waals surface area contributed by atoms with E-state index in [0.717, 1.165) is 30.2 Å². The molecule has 0 spiro atoms. The third kappa shape index (κ3) is 2.51. The number of amides is 1. The first-order chi connectivity index (χ1) is 9.24. The van der Waals surface area contributed by atoms with E-state index in [1.807, 2.05) is 18.2 Å². The number of fused-ring (bicyclic) bond motifs is 1.